The average molecular weight is 817 g/mol. The fourth-order valence-corrected chi connectivity index (χ4v) is 6.35. The molecule has 0 aliphatic heterocycles. The zero-order valence-electron chi connectivity index (χ0n) is 27.9. The number of ether oxygens (including phenoxy) is 4. The van der Waals surface area contributed by atoms with Crippen molar-refractivity contribution in [2.45, 2.75) is 25.4 Å². The molecule has 0 radical (unpaired) electrons. The lowest BCUT2D eigenvalue weighted by Gasteiger charge is -2.18. The van der Waals surface area contributed by atoms with Crippen LogP contribution in [0.4, 0.5) is 52.7 Å². The van der Waals surface area contributed by atoms with Gasteiger partial charge in [0, 0.05) is 22.3 Å². The molecule has 4 aromatic carbocycles. The Morgan fingerprint density at radius 2 is 0.638 bits per heavy atom. The zero-order valence-corrected chi connectivity index (χ0v) is 27.9. The summed E-state index contributed by atoms with van der Waals surface area (Å²) in [5.41, 5.74) is -0.935. The van der Waals surface area contributed by atoms with E-state index < -0.39 is 59.6 Å². The highest BCUT2D eigenvalue weighted by molar-refractivity contribution is 6.38. The molecule has 2 aliphatic rings. The van der Waals surface area contributed by atoms with Crippen LogP contribution in [0.15, 0.2) is 83.9 Å². The third-order valence-electron chi connectivity index (χ3n) is 8.27. The number of fused-ring (bicyclic) bond motifs is 4. The monoisotopic (exact) mass is 816 g/mol. The Labute approximate surface area is 316 Å². The van der Waals surface area contributed by atoms with E-state index in [9.17, 15) is 73.7 Å². The van der Waals surface area contributed by atoms with E-state index in [0.29, 0.717) is 24.3 Å². The molecule has 6 rings (SSSR count). The van der Waals surface area contributed by atoms with Gasteiger partial charge in [0.1, 0.15) is 35.4 Å². The van der Waals surface area contributed by atoms with Gasteiger partial charge in [-0.3, -0.25) is 0 Å². The van der Waals surface area contributed by atoms with Crippen LogP contribution in [0.2, 0.25) is 0 Å². The van der Waals surface area contributed by atoms with Crippen LogP contribution in [-0.2, 0) is 0 Å². The molecule has 2 aliphatic carbocycles. The van der Waals surface area contributed by atoms with E-state index in [0.717, 1.165) is 12.1 Å². The maximum Gasteiger partial charge on any atom is 0.573 e. The Balaban J connectivity index is 1.53. The minimum atomic E-state index is -5.45. The summed E-state index contributed by atoms with van der Waals surface area (Å²) in [6.45, 7) is 0. The van der Waals surface area contributed by atoms with Crippen molar-refractivity contribution in [3.8, 4) is 69.5 Å². The first kappa shape index (κ1) is 40.1. The van der Waals surface area contributed by atoms with Crippen molar-refractivity contribution in [1.82, 2.24) is 0 Å². The Hall–Kier alpha value is -7.58. The van der Waals surface area contributed by atoms with Gasteiger partial charge in [-0.15, -0.1) is 52.7 Å². The van der Waals surface area contributed by atoms with Crippen molar-refractivity contribution in [2.24, 2.45) is 0 Å². The van der Waals surface area contributed by atoms with Crippen LogP contribution in [0, 0.1) is 45.3 Å². The predicted octanol–water partition coefficient (Wildman–Crippen LogP) is 11.2. The molecule has 0 amide bonds. The van der Waals surface area contributed by atoms with Crippen molar-refractivity contribution in [1.29, 1.82) is 21.0 Å². The Bertz CT molecular complexity index is 2460. The van der Waals surface area contributed by atoms with Crippen LogP contribution in [0.1, 0.15) is 22.3 Å². The van der Waals surface area contributed by atoms with Crippen molar-refractivity contribution >= 4 is 22.3 Å². The minimum Gasteiger partial charge on any atom is -0.402 e. The maximum absolute atomic E-state index is 13.2. The van der Waals surface area contributed by atoms with Crippen LogP contribution < -0.4 is 18.9 Å². The van der Waals surface area contributed by atoms with E-state index in [2.05, 4.69) is 18.9 Å². The van der Waals surface area contributed by atoms with Gasteiger partial charge < -0.3 is 18.9 Å². The highest BCUT2D eigenvalue weighted by Crippen LogP contribution is 2.60. The second kappa shape index (κ2) is 14.2. The molecular formula is C38H12F12N4O4. The van der Waals surface area contributed by atoms with Crippen LogP contribution in [-0.4, -0.2) is 25.4 Å². The van der Waals surface area contributed by atoms with Crippen LogP contribution >= 0.6 is 0 Å². The molecule has 0 aromatic heterocycles. The third-order valence-corrected chi connectivity index (χ3v) is 8.27. The standard InChI is InChI=1S/C38H12F12N4O4/c39-35(40,41)55-27-7-3-19(11-29(27)57-37(45,46)47)17-1-5-23-25(9-17)31(21(13-51)14-52)34-24-6-2-18(10-26(24)32(33(23)34)22(15-53)16-54)20-4-8-28(56-36(42,43)44)30(12-20)58-38(48,49)50/h1-12H. The summed E-state index contributed by atoms with van der Waals surface area (Å²) in [4.78, 5) is 0. The van der Waals surface area contributed by atoms with Crippen LogP contribution in [0.5, 0.6) is 23.0 Å². The lowest BCUT2D eigenvalue weighted by Crippen LogP contribution is -2.21. The largest absolute Gasteiger partial charge is 0.573 e. The number of hydrogen-bond acceptors (Lipinski definition) is 8. The molecule has 0 heterocycles. The molecule has 0 N–H and O–H groups in total. The zero-order chi connectivity index (χ0) is 42.5. The van der Waals surface area contributed by atoms with Gasteiger partial charge in [0.2, 0.25) is 0 Å². The number of alkyl halides is 12. The SMILES string of the molecule is N#CC(C#N)=C1C2=C(C(=C(C#N)C#N)c3cc(-c4ccc(OC(F)(F)F)c(OC(F)(F)F)c4)ccc32)c2ccc(-c3ccc(OC(F)(F)F)c(OC(F)(F)F)c3)cc21. The smallest absolute Gasteiger partial charge is 0.402 e. The molecule has 0 saturated heterocycles. The van der Waals surface area contributed by atoms with E-state index in [1.54, 1.807) is 24.3 Å². The summed E-state index contributed by atoms with van der Waals surface area (Å²) in [7, 11) is 0. The van der Waals surface area contributed by atoms with Crippen molar-refractivity contribution in [3.63, 3.8) is 0 Å². The summed E-state index contributed by atoms with van der Waals surface area (Å²) in [5.74, 6) is -5.38. The lowest BCUT2D eigenvalue weighted by molar-refractivity contribution is -0.287. The fourth-order valence-electron chi connectivity index (χ4n) is 6.35. The van der Waals surface area contributed by atoms with Crippen LogP contribution in [0.3, 0.4) is 0 Å². The Morgan fingerprint density at radius 1 is 0.362 bits per heavy atom. The van der Waals surface area contributed by atoms with Gasteiger partial charge >= 0.3 is 25.4 Å². The first-order chi connectivity index (χ1) is 27.0. The molecule has 0 fully saturated rings. The topological polar surface area (TPSA) is 132 Å². The molecular weight excluding hydrogens is 804 g/mol. The lowest BCUT2D eigenvalue weighted by atomic mass is 9.87. The summed E-state index contributed by atoms with van der Waals surface area (Å²) in [5, 5.41) is 40.1. The summed E-state index contributed by atoms with van der Waals surface area (Å²) in [6.07, 6.45) is -21.7. The quantitative estimate of drug-likeness (QED) is 0.139. The summed E-state index contributed by atoms with van der Waals surface area (Å²) >= 11 is 0. The van der Waals surface area contributed by atoms with Crippen molar-refractivity contribution in [2.75, 3.05) is 0 Å². The van der Waals surface area contributed by atoms with E-state index in [-0.39, 0.29) is 66.8 Å². The number of rotatable bonds is 6. The second-order valence-corrected chi connectivity index (χ2v) is 11.7. The van der Waals surface area contributed by atoms with Crippen molar-refractivity contribution in [3.05, 3.63) is 106 Å². The maximum atomic E-state index is 13.2. The highest BCUT2D eigenvalue weighted by atomic mass is 19.4. The number of nitriles is 4. The molecule has 4 aromatic rings. The van der Waals surface area contributed by atoms with Gasteiger partial charge in [-0.25, -0.2) is 0 Å². The number of hydrogen-bond donors (Lipinski definition) is 0. The average Bonchev–Trinajstić information content (AvgIpc) is 3.61. The molecule has 292 valence electrons. The van der Waals surface area contributed by atoms with Gasteiger partial charge in [-0.1, -0.05) is 36.4 Å². The molecule has 0 saturated carbocycles. The number of allylic oxidation sites excluding steroid dienone is 6. The molecule has 0 bridgehead atoms. The normalized spacial score (nSPS) is 13.3. The van der Waals surface area contributed by atoms with Gasteiger partial charge in [0.05, 0.1) is 0 Å². The third kappa shape index (κ3) is 8.03. The summed E-state index contributed by atoms with van der Waals surface area (Å²) < 4.78 is 172. The molecule has 58 heavy (non-hydrogen) atoms. The predicted molar refractivity (Wildman–Crippen MR) is 174 cm³/mol. The van der Waals surface area contributed by atoms with E-state index >= 15 is 0 Å². The first-order valence-corrected chi connectivity index (χ1v) is 15.5. The first-order valence-electron chi connectivity index (χ1n) is 15.5. The molecule has 20 heteroatoms. The van der Waals surface area contributed by atoms with E-state index in [1.165, 1.54) is 36.4 Å². The number of nitrogens with zero attached hydrogens (tertiary/aromatic N) is 4. The molecule has 0 unspecified atom stereocenters. The van der Waals surface area contributed by atoms with E-state index in [4.69, 9.17) is 0 Å². The minimum absolute atomic E-state index is 0.0231. The van der Waals surface area contributed by atoms with Gasteiger partial charge in [-0.2, -0.15) is 21.0 Å². The number of benzene rings is 4. The Kier molecular flexibility index (Phi) is 9.80. The second-order valence-electron chi connectivity index (χ2n) is 11.7. The summed E-state index contributed by atoms with van der Waals surface area (Å²) in [6, 6.07) is 19.0. The molecule has 0 spiro atoms. The van der Waals surface area contributed by atoms with E-state index in [1.807, 2.05) is 0 Å². The fraction of sp³-hybridized carbons (Fsp3) is 0.105. The van der Waals surface area contributed by atoms with Gasteiger partial charge in [-0.05, 0) is 80.9 Å². The van der Waals surface area contributed by atoms with Crippen LogP contribution in [0.25, 0.3) is 44.5 Å². The van der Waals surface area contributed by atoms with Gasteiger partial charge in [0.25, 0.3) is 0 Å². The van der Waals surface area contributed by atoms with Crippen molar-refractivity contribution < 1.29 is 71.6 Å². The molecule has 8 nitrogen and oxygen atoms in total. The molecule has 0 atom stereocenters. The number of halogens is 12. The highest BCUT2D eigenvalue weighted by Gasteiger charge is 2.42. The van der Waals surface area contributed by atoms with Gasteiger partial charge in [0.15, 0.2) is 23.0 Å². The Morgan fingerprint density at radius 3 is 0.931 bits per heavy atom.